The summed E-state index contributed by atoms with van der Waals surface area (Å²) in [5.74, 6) is 0.123. The summed E-state index contributed by atoms with van der Waals surface area (Å²) in [4.78, 5) is 18.0. The lowest BCUT2D eigenvalue weighted by Crippen LogP contribution is -2.31. The number of ether oxygens (including phenoxy) is 1. The third-order valence-electron chi connectivity index (χ3n) is 2.97. The van der Waals surface area contributed by atoms with Gasteiger partial charge in [-0.05, 0) is 18.5 Å². The normalized spacial score (nSPS) is 27.8. The first-order chi connectivity index (χ1) is 9.02. The van der Waals surface area contributed by atoms with Crippen molar-refractivity contribution in [1.82, 2.24) is 9.55 Å². The predicted molar refractivity (Wildman–Crippen MR) is 66.1 cm³/mol. The highest BCUT2D eigenvalue weighted by Gasteiger charge is 2.38. The van der Waals surface area contributed by atoms with E-state index in [9.17, 15) is 9.90 Å². The Morgan fingerprint density at radius 2 is 2.53 bits per heavy atom. The summed E-state index contributed by atoms with van der Waals surface area (Å²) in [7, 11) is 0. The van der Waals surface area contributed by atoms with Gasteiger partial charge >= 0.3 is 5.69 Å². The smallest absolute Gasteiger partial charge is 0.351 e. The van der Waals surface area contributed by atoms with Crippen LogP contribution in [0.4, 0.5) is 5.82 Å². The Bertz CT molecular complexity index is 565. The fraction of sp³-hybridized carbons (Fsp3) is 0.600. The zero-order valence-corrected chi connectivity index (χ0v) is 10.2. The lowest BCUT2D eigenvalue weighted by atomic mass is 10.1. The monoisotopic (exact) mass is 266 g/mol. The fourth-order valence-electron chi connectivity index (χ4n) is 2.11. The van der Waals surface area contributed by atoms with Crippen LogP contribution in [0.25, 0.3) is 10.4 Å². The molecule has 1 unspecified atom stereocenters. The highest BCUT2D eigenvalue weighted by molar-refractivity contribution is 5.23. The molecule has 2 rings (SSSR count). The van der Waals surface area contributed by atoms with Crippen LogP contribution in [0, 0.1) is 0 Å². The molecule has 1 aromatic heterocycles. The fourth-order valence-corrected chi connectivity index (χ4v) is 2.11. The summed E-state index contributed by atoms with van der Waals surface area (Å²) < 4.78 is 6.82. The van der Waals surface area contributed by atoms with E-state index in [0.29, 0.717) is 6.42 Å². The number of nitrogens with zero attached hydrogens (tertiary/aromatic N) is 5. The van der Waals surface area contributed by atoms with E-state index in [0.717, 1.165) is 0 Å². The molecule has 0 saturated carbocycles. The van der Waals surface area contributed by atoms with Crippen molar-refractivity contribution in [1.29, 1.82) is 0 Å². The highest BCUT2D eigenvalue weighted by atomic mass is 16.5. The summed E-state index contributed by atoms with van der Waals surface area (Å²) in [6.45, 7) is 1.54. The van der Waals surface area contributed by atoms with E-state index >= 15 is 0 Å². The number of nitrogens with two attached hydrogens (primary N) is 1. The minimum Gasteiger partial charge on any atom is -0.391 e. The molecule has 9 nitrogen and oxygen atoms in total. The third-order valence-corrected chi connectivity index (χ3v) is 2.97. The maximum absolute atomic E-state index is 11.7. The number of aliphatic hydroxyl groups is 1. The molecule has 2 heterocycles. The average Bonchev–Trinajstić information content (AvgIpc) is 2.73. The van der Waals surface area contributed by atoms with Crippen LogP contribution in [-0.4, -0.2) is 32.9 Å². The van der Waals surface area contributed by atoms with Crippen LogP contribution in [-0.2, 0) is 4.74 Å². The topological polar surface area (TPSA) is 139 Å². The van der Waals surface area contributed by atoms with Gasteiger partial charge in [-0.25, -0.2) is 4.79 Å². The van der Waals surface area contributed by atoms with Gasteiger partial charge in [0.05, 0.1) is 18.2 Å². The number of nitrogen functional groups attached to an aromatic ring is 1. The van der Waals surface area contributed by atoms with E-state index in [-0.39, 0.29) is 5.82 Å². The van der Waals surface area contributed by atoms with E-state index in [2.05, 4.69) is 15.0 Å². The number of anilines is 1. The third kappa shape index (κ3) is 2.68. The molecule has 0 bridgehead atoms. The number of azide groups is 1. The van der Waals surface area contributed by atoms with Crippen LogP contribution < -0.4 is 11.4 Å². The Morgan fingerprint density at radius 3 is 3.11 bits per heavy atom. The lowest BCUT2D eigenvalue weighted by molar-refractivity contribution is -0.0573. The zero-order valence-electron chi connectivity index (χ0n) is 10.2. The average molecular weight is 266 g/mol. The minimum atomic E-state index is -0.807. The standard InChI is InChI=1S/C10H14N6O3/c1-5(17)9-6(14-15-12)4-8(19-9)16-3-2-7(11)13-10(16)18/h2-3,5-6,8-9,17H,4H2,1H3,(H2,11,13,18)/t5?,6-,8+,9+/m0/s1. The van der Waals surface area contributed by atoms with E-state index in [1.807, 2.05) is 0 Å². The molecule has 1 aromatic rings. The molecule has 0 radical (unpaired) electrons. The van der Waals surface area contributed by atoms with Crippen LogP contribution in [0.1, 0.15) is 19.6 Å². The molecule has 1 aliphatic rings. The van der Waals surface area contributed by atoms with Crippen molar-refractivity contribution in [3.63, 3.8) is 0 Å². The molecule has 1 aliphatic heterocycles. The Hall–Kier alpha value is -2.09. The second-order valence-electron chi connectivity index (χ2n) is 4.35. The van der Waals surface area contributed by atoms with E-state index < -0.39 is 30.2 Å². The van der Waals surface area contributed by atoms with Gasteiger partial charge in [0, 0.05) is 17.5 Å². The van der Waals surface area contributed by atoms with Crippen LogP contribution in [0.2, 0.25) is 0 Å². The molecule has 102 valence electrons. The predicted octanol–water partition coefficient (Wildman–Crippen LogP) is 0.173. The van der Waals surface area contributed by atoms with Gasteiger partial charge in [0.1, 0.15) is 12.0 Å². The van der Waals surface area contributed by atoms with Crippen LogP contribution in [0.15, 0.2) is 22.2 Å². The van der Waals surface area contributed by atoms with Crippen LogP contribution in [0.3, 0.4) is 0 Å². The summed E-state index contributed by atoms with van der Waals surface area (Å²) in [5, 5.41) is 13.2. The van der Waals surface area contributed by atoms with E-state index in [1.165, 1.54) is 23.8 Å². The molecule has 1 fully saturated rings. The first-order valence-corrected chi connectivity index (χ1v) is 5.75. The molecular formula is C10H14N6O3. The van der Waals surface area contributed by atoms with Crippen molar-refractivity contribution < 1.29 is 9.84 Å². The molecular weight excluding hydrogens is 252 g/mol. The summed E-state index contributed by atoms with van der Waals surface area (Å²) in [6, 6.07) is 0.947. The zero-order chi connectivity index (χ0) is 14.0. The Labute approximate surface area is 108 Å². The van der Waals surface area contributed by atoms with Crippen molar-refractivity contribution in [2.75, 3.05) is 5.73 Å². The van der Waals surface area contributed by atoms with Crippen molar-refractivity contribution in [3.05, 3.63) is 33.2 Å². The van der Waals surface area contributed by atoms with Crippen LogP contribution >= 0.6 is 0 Å². The van der Waals surface area contributed by atoms with E-state index in [1.54, 1.807) is 0 Å². The molecule has 0 amide bonds. The van der Waals surface area contributed by atoms with Crippen molar-refractivity contribution in [2.45, 2.75) is 37.8 Å². The van der Waals surface area contributed by atoms with E-state index in [4.69, 9.17) is 16.0 Å². The number of aliphatic hydroxyl groups excluding tert-OH is 1. The van der Waals surface area contributed by atoms with Gasteiger partial charge < -0.3 is 15.6 Å². The maximum atomic E-state index is 11.7. The lowest BCUT2D eigenvalue weighted by Gasteiger charge is -2.18. The second kappa shape index (κ2) is 5.27. The summed E-state index contributed by atoms with van der Waals surface area (Å²) >= 11 is 0. The van der Waals surface area contributed by atoms with Crippen molar-refractivity contribution in [2.24, 2.45) is 5.11 Å². The Kier molecular flexibility index (Phi) is 3.70. The van der Waals surface area contributed by atoms with Gasteiger partial charge in [-0.15, -0.1) is 0 Å². The SMILES string of the molecule is CC(O)[C@H]1O[C@@H](n2ccc(N)nc2=O)C[C@@H]1N=[N+]=[N-]. The van der Waals surface area contributed by atoms with Gasteiger partial charge in [-0.3, -0.25) is 4.57 Å². The minimum absolute atomic E-state index is 0.123. The van der Waals surface area contributed by atoms with Crippen molar-refractivity contribution in [3.8, 4) is 0 Å². The van der Waals surface area contributed by atoms with Crippen LogP contribution in [0.5, 0.6) is 0 Å². The molecule has 4 atom stereocenters. The molecule has 0 aliphatic carbocycles. The van der Waals surface area contributed by atoms with Gasteiger partial charge in [-0.2, -0.15) is 4.98 Å². The number of rotatable bonds is 3. The molecule has 0 spiro atoms. The molecule has 1 saturated heterocycles. The van der Waals surface area contributed by atoms with Gasteiger partial charge in [-0.1, -0.05) is 5.11 Å². The quantitative estimate of drug-likeness (QED) is 0.456. The summed E-state index contributed by atoms with van der Waals surface area (Å²) in [6.07, 6.45) is -0.322. The van der Waals surface area contributed by atoms with Gasteiger partial charge in [0.15, 0.2) is 0 Å². The first kappa shape index (κ1) is 13.3. The second-order valence-corrected chi connectivity index (χ2v) is 4.35. The Balaban J connectivity index is 2.28. The number of hydrogen-bond donors (Lipinski definition) is 2. The molecule has 9 heteroatoms. The largest absolute Gasteiger partial charge is 0.391 e. The molecule has 0 aromatic carbocycles. The molecule has 19 heavy (non-hydrogen) atoms. The Morgan fingerprint density at radius 1 is 1.79 bits per heavy atom. The number of aromatic nitrogens is 2. The first-order valence-electron chi connectivity index (χ1n) is 5.75. The van der Waals surface area contributed by atoms with Gasteiger partial charge in [0.25, 0.3) is 0 Å². The molecule has 3 N–H and O–H groups in total. The maximum Gasteiger partial charge on any atom is 0.351 e. The van der Waals surface area contributed by atoms with Crippen molar-refractivity contribution >= 4 is 5.82 Å². The van der Waals surface area contributed by atoms with Gasteiger partial charge in [0.2, 0.25) is 0 Å². The number of hydrogen-bond acceptors (Lipinski definition) is 6. The summed E-state index contributed by atoms with van der Waals surface area (Å²) in [5.41, 5.74) is 13.4. The highest BCUT2D eigenvalue weighted by Crippen LogP contribution is 2.31.